The molecule has 2 atom stereocenters. The van der Waals surface area contributed by atoms with Crippen LogP contribution < -0.4 is 16.0 Å². The number of halogens is 5. The fourth-order valence-electron chi connectivity index (χ4n) is 5.96. The fraction of sp³-hybridized carbons (Fsp3) is 0.343. The largest absolute Gasteiger partial charge is 0.417 e. The van der Waals surface area contributed by atoms with Crippen LogP contribution in [-0.2, 0) is 6.18 Å². The lowest BCUT2D eigenvalue weighted by atomic mass is 10.0. The van der Waals surface area contributed by atoms with E-state index in [9.17, 15) is 18.0 Å². The summed E-state index contributed by atoms with van der Waals surface area (Å²) >= 11 is 11.9. The van der Waals surface area contributed by atoms with Gasteiger partial charge in [-0.25, -0.2) is 9.97 Å². The molecule has 256 valence electrons. The maximum atomic E-state index is 13.3. The second kappa shape index (κ2) is 15.1. The summed E-state index contributed by atoms with van der Waals surface area (Å²) < 4.78 is 40.0. The molecule has 0 unspecified atom stereocenters. The monoisotopic (exact) mass is 710 g/mol. The summed E-state index contributed by atoms with van der Waals surface area (Å²) in [6.07, 6.45) is 0.727. The summed E-state index contributed by atoms with van der Waals surface area (Å²) in [7, 11) is 0. The summed E-state index contributed by atoms with van der Waals surface area (Å²) in [5.74, 6) is 1.63. The van der Waals surface area contributed by atoms with Gasteiger partial charge < -0.3 is 20.9 Å². The Kier molecular flexibility index (Phi) is 10.7. The number of nitrogens with zero attached hydrogens (tertiary/aromatic N) is 5. The van der Waals surface area contributed by atoms with Crippen molar-refractivity contribution in [3.05, 3.63) is 93.7 Å². The first-order valence-electron chi connectivity index (χ1n) is 16.0. The molecule has 0 bridgehead atoms. The number of likely N-dealkylation sites (tertiary alicyclic amines) is 1. The van der Waals surface area contributed by atoms with Crippen molar-refractivity contribution in [2.75, 3.05) is 49.9 Å². The Labute approximate surface area is 291 Å². The van der Waals surface area contributed by atoms with Gasteiger partial charge in [0.05, 0.1) is 45.6 Å². The van der Waals surface area contributed by atoms with Crippen LogP contribution in [0.15, 0.2) is 67.0 Å². The van der Waals surface area contributed by atoms with Crippen LogP contribution >= 0.6 is 23.2 Å². The van der Waals surface area contributed by atoms with E-state index in [1.807, 2.05) is 18.2 Å². The molecule has 4 heterocycles. The van der Waals surface area contributed by atoms with Gasteiger partial charge in [-0.2, -0.15) is 13.2 Å². The molecule has 2 aliphatic heterocycles. The van der Waals surface area contributed by atoms with Crippen molar-refractivity contribution in [3.63, 3.8) is 0 Å². The predicted molar refractivity (Wildman–Crippen MR) is 187 cm³/mol. The maximum absolute atomic E-state index is 13.3. The summed E-state index contributed by atoms with van der Waals surface area (Å²) in [5, 5.41) is 11.2. The Morgan fingerprint density at radius 1 is 0.857 bits per heavy atom. The lowest BCUT2D eigenvalue weighted by Gasteiger charge is -2.20. The van der Waals surface area contributed by atoms with Gasteiger partial charge in [0.1, 0.15) is 11.6 Å². The zero-order chi connectivity index (χ0) is 34.5. The molecule has 14 heteroatoms. The van der Waals surface area contributed by atoms with Crippen LogP contribution in [-0.4, -0.2) is 70.0 Å². The summed E-state index contributed by atoms with van der Waals surface area (Å²) in [6.45, 7) is 6.16. The van der Waals surface area contributed by atoms with E-state index in [1.54, 1.807) is 37.5 Å². The molecule has 0 saturated carbocycles. The first kappa shape index (κ1) is 34.6. The predicted octanol–water partition coefficient (Wildman–Crippen LogP) is 7.49. The zero-order valence-electron chi connectivity index (χ0n) is 26.7. The van der Waals surface area contributed by atoms with Crippen molar-refractivity contribution in [3.8, 4) is 0 Å². The third kappa shape index (κ3) is 8.86. The first-order valence-corrected chi connectivity index (χ1v) is 16.8. The van der Waals surface area contributed by atoms with Gasteiger partial charge >= 0.3 is 6.18 Å². The van der Waals surface area contributed by atoms with E-state index in [2.05, 4.69) is 35.9 Å². The molecule has 2 saturated heterocycles. The Balaban J connectivity index is 0.000000195. The lowest BCUT2D eigenvalue weighted by molar-refractivity contribution is -0.138. The van der Waals surface area contributed by atoms with Crippen LogP contribution in [0.1, 0.15) is 34.3 Å². The van der Waals surface area contributed by atoms with E-state index in [1.165, 1.54) is 23.5 Å². The second-order valence-corrected chi connectivity index (χ2v) is 13.2. The number of carbonyl (C=O) groups excluding carboxylic acids is 1. The summed E-state index contributed by atoms with van der Waals surface area (Å²) in [4.78, 5) is 32.0. The number of amides is 1. The van der Waals surface area contributed by atoms with Gasteiger partial charge in [0.15, 0.2) is 0 Å². The third-order valence-corrected chi connectivity index (χ3v) is 9.07. The van der Waals surface area contributed by atoms with Crippen LogP contribution in [0.5, 0.6) is 0 Å². The van der Waals surface area contributed by atoms with E-state index in [0.29, 0.717) is 64.4 Å². The second-order valence-electron chi connectivity index (χ2n) is 12.3. The van der Waals surface area contributed by atoms with Gasteiger partial charge in [0.2, 0.25) is 0 Å². The third-order valence-electron chi connectivity index (χ3n) is 8.60. The number of fused-ring (bicyclic) bond motifs is 2. The molecule has 2 aliphatic rings. The molecule has 49 heavy (non-hydrogen) atoms. The Morgan fingerprint density at radius 2 is 1.47 bits per heavy atom. The van der Waals surface area contributed by atoms with E-state index >= 15 is 0 Å². The zero-order valence-corrected chi connectivity index (χ0v) is 28.2. The molecule has 5 aromatic rings. The lowest BCUT2D eigenvalue weighted by Crippen LogP contribution is -2.31. The number of anilines is 2. The standard InChI is InChI=1S/C22H20ClF3N4O.C13H15ClN4/c1-13-2-4-17(22(24,25)26)16(8-13)21(31)30-7-6-14(12-30)10-28-20-11-27-19-9-15(23)3-5-18(19)29-20;14-10-1-2-11-12(5-10)16-8-13(18-11)17-7-9-3-4-15-6-9/h2-5,8-9,11,14H,6-7,10,12H2,1H3,(H,28,29);1-2,5,8-9,15H,3-4,6-7H2,(H,17,18)/t14-;9-/m01/s1. The fourth-order valence-corrected chi connectivity index (χ4v) is 6.29. The minimum atomic E-state index is -4.57. The highest BCUT2D eigenvalue weighted by atomic mass is 35.5. The highest BCUT2D eigenvalue weighted by Crippen LogP contribution is 2.34. The molecule has 0 spiro atoms. The van der Waals surface area contributed by atoms with Crippen LogP contribution in [0.2, 0.25) is 10.0 Å². The molecule has 2 fully saturated rings. The number of hydrogen-bond donors (Lipinski definition) is 3. The van der Waals surface area contributed by atoms with E-state index in [4.69, 9.17) is 23.2 Å². The Hall–Kier alpha value is -4.26. The normalized spacial score (nSPS) is 17.6. The highest BCUT2D eigenvalue weighted by molar-refractivity contribution is 6.31. The van der Waals surface area contributed by atoms with Crippen LogP contribution in [0.3, 0.4) is 0 Å². The number of alkyl halides is 3. The minimum absolute atomic E-state index is 0.103. The quantitative estimate of drug-likeness (QED) is 0.160. The SMILES string of the molecule is Cc1ccc(C(F)(F)F)c(C(=O)N2CC[C@@H](CNc3cnc4cc(Cl)ccc4n3)C2)c1.Clc1ccc2nc(NC[C@@H]3CCNC3)cnc2c1. The van der Waals surface area contributed by atoms with Crippen LogP contribution in [0, 0.1) is 18.8 Å². The van der Waals surface area contributed by atoms with Gasteiger partial charge in [0.25, 0.3) is 5.91 Å². The van der Waals surface area contributed by atoms with Crippen molar-refractivity contribution < 1.29 is 18.0 Å². The summed E-state index contributed by atoms with van der Waals surface area (Å²) in [6, 6.07) is 14.5. The van der Waals surface area contributed by atoms with Crippen molar-refractivity contribution in [1.29, 1.82) is 0 Å². The molecule has 0 aliphatic carbocycles. The van der Waals surface area contributed by atoms with Gasteiger partial charge in [-0.05, 0) is 93.2 Å². The molecule has 1 amide bonds. The Morgan fingerprint density at radius 3 is 2.04 bits per heavy atom. The number of aromatic nitrogens is 4. The maximum Gasteiger partial charge on any atom is 0.417 e. The molecule has 9 nitrogen and oxygen atoms in total. The average molecular weight is 712 g/mol. The number of benzene rings is 3. The van der Waals surface area contributed by atoms with E-state index < -0.39 is 17.6 Å². The molecule has 7 rings (SSSR count). The molecular formula is C35H35Cl2F3N8O. The number of nitrogens with one attached hydrogen (secondary N) is 3. The van der Waals surface area contributed by atoms with Gasteiger partial charge in [-0.3, -0.25) is 14.8 Å². The van der Waals surface area contributed by atoms with Crippen molar-refractivity contribution >= 4 is 62.8 Å². The topological polar surface area (TPSA) is 108 Å². The molecule has 3 aromatic carbocycles. The molecule has 0 radical (unpaired) electrons. The number of hydrogen-bond acceptors (Lipinski definition) is 8. The highest BCUT2D eigenvalue weighted by Gasteiger charge is 2.37. The summed E-state index contributed by atoms with van der Waals surface area (Å²) in [5.41, 5.74) is 2.52. The number of carbonyl (C=O) groups is 1. The van der Waals surface area contributed by atoms with Crippen LogP contribution in [0.25, 0.3) is 22.1 Å². The van der Waals surface area contributed by atoms with Crippen LogP contribution in [0.4, 0.5) is 24.8 Å². The van der Waals surface area contributed by atoms with E-state index in [0.717, 1.165) is 42.6 Å². The van der Waals surface area contributed by atoms with Crippen molar-refractivity contribution in [2.24, 2.45) is 11.8 Å². The Bertz CT molecular complexity index is 1950. The van der Waals surface area contributed by atoms with Crippen molar-refractivity contribution in [2.45, 2.75) is 25.9 Å². The average Bonchev–Trinajstić information content (AvgIpc) is 3.79. The van der Waals surface area contributed by atoms with Crippen molar-refractivity contribution in [1.82, 2.24) is 30.2 Å². The molecule has 3 N–H and O–H groups in total. The first-order chi connectivity index (χ1) is 23.5. The number of rotatable bonds is 7. The smallest absolute Gasteiger partial charge is 0.368 e. The molecular weight excluding hydrogens is 676 g/mol. The number of aryl methyl sites for hydroxylation is 1. The van der Waals surface area contributed by atoms with Gasteiger partial charge in [0, 0.05) is 36.2 Å². The minimum Gasteiger partial charge on any atom is -0.368 e. The van der Waals surface area contributed by atoms with Gasteiger partial charge in [-0.15, -0.1) is 0 Å². The van der Waals surface area contributed by atoms with E-state index in [-0.39, 0.29) is 11.5 Å². The molecule has 2 aromatic heterocycles. The van der Waals surface area contributed by atoms with Gasteiger partial charge in [-0.1, -0.05) is 34.8 Å².